The van der Waals surface area contributed by atoms with E-state index in [2.05, 4.69) is 5.32 Å². The number of benzene rings is 1. The van der Waals surface area contributed by atoms with Crippen LogP contribution in [0, 0.1) is 0 Å². The first-order chi connectivity index (χ1) is 7.47. The summed E-state index contributed by atoms with van der Waals surface area (Å²) in [5, 5.41) is 12.9. The minimum absolute atomic E-state index is 0.0214. The van der Waals surface area contributed by atoms with E-state index in [1.54, 1.807) is 17.0 Å². The van der Waals surface area contributed by atoms with Gasteiger partial charge in [0.15, 0.2) is 0 Å². The zero-order valence-corrected chi connectivity index (χ0v) is 9.74. The van der Waals surface area contributed by atoms with Crippen LogP contribution in [-0.4, -0.2) is 23.1 Å². The number of hydrogen-bond acceptors (Lipinski definition) is 3. The second-order valence-corrected chi connectivity index (χ2v) is 4.47. The summed E-state index contributed by atoms with van der Waals surface area (Å²) in [5.74, 6) is 0.199. The molecule has 1 aromatic rings. The van der Waals surface area contributed by atoms with Crippen LogP contribution in [0.25, 0.3) is 0 Å². The predicted molar refractivity (Wildman–Crippen MR) is 63.8 cm³/mol. The number of rotatable bonds is 1. The van der Waals surface area contributed by atoms with Crippen LogP contribution in [-0.2, 0) is 4.79 Å². The first-order valence-electron chi connectivity index (χ1n) is 5.39. The van der Waals surface area contributed by atoms with Crippen molar-refractivity contribution in [3.05, 3.63) is 18.2 Å². The molecule has 0 bridgehead atoms. The van der Waals surface area contributed by atoms with E-state index in [0.717, 1.165) is 5.69 Å². The average molecular weight is 220 g/mol. The Morgan fingerprint density at radius 1 is 1.44 bits per heavy atom. The molecule has 1 amide bonds. The van der Waals surface area contributed by atoms with E-state index in [1.807, 2.05) is 26.8 Å². The number of amides is 1. The van der Waals surface area contributed by atoms with Gasteiger partial charge in [0.2, 0.25) is 0 Å². The molecule has 4 heteroatoms. The highest BCUT2D eigenvalue weighted by molar-refractivity contribution is 6.08. The van der Waals surface area contributed by atoms with Gasteiger partial charge in [0.1, 0.15) is 17.0 Å². The van der Waals surface area contributed by atoms with E-state index in [1.165, 1.54) is 0 Å². The van der Waals surface area contributed by atoms with Gasteiger partial charge in [0.25, 0.3) is 5.91 Å². The van der Waals surface area contributed by atoms with Crippen LogP contribution in [0.5, 0.6) is 5.75 Å². The molecule has 0 aliphatic carbocycles. The maximum absolute atomic E-state index is 12.1. The van der Waals surface area contributed by atoms with E-state index in [9.17, 15) is 9.90 Å². The standard InChI is InChI=1S/C12H16N2O2/c1-4-14-8-6-5-7-9(15)10(8)13-12(2,3)11(14)16/h5-7,13,15H,4H2,1-3H3. The summed E-state index contributed by atoms with van der Waals surface area (Å²) in [6.45, 7) is 6.15. The van der Waals surface area contributed by atoms with Crippen molar-refractivity contribution in [3.63, 3.8) is 0 Å². The topological polar surface area (TPSA) is 52.6 Å². The van der Waals surface area contributed by atoms with Crippen molar-refractivity contribution in [1.29, 1.82) is 0 Å². The number of likely N-dealkylation sites (N-methyl/N-ethyl adjacent to an activating group) is 1. The number of carbonyl (C=O) groups excluding carboxylic acids is 1. The van der Waals surface area contributed by atoms with Gasteiger partial charge >= 0.3 is 0 Å². The second-order valence-electron chi connectivity index (χ2n) is 4.47. The number of phenolic OH excluding ortho intramolecular Hbond substituents is 1. The van der Waals surface area contributed by atoms with E-state index in [4.69, 9.17) is 0 Å². The quantitative estimate of drug-likeness (QED) is 0.711. The van der Waals surface area contributed by atoms with Gasteiger partial charge in [0, 0.05) is 6.54 Å². The molecule has 0 saturated carbocycles. The lowest BCUT2D eigenvalue weighted by Gasteiger charge is -2.39. The molecular weight excluding hydrogens is 204 g/mol. The monoisotopic (exact) mass is 220 g/mol. The Hall–Kier alpha value is -1.71. The number of fused-ring (bicyclic) bond motifs is 1. The van der Waals surface area contributed by atoms with Gasteiger partial charge in [-0.25, -0.2) is 0 Å². The third-order valence-electron chi connectivity index (χ3n) is 2.84. The summed E-state index contributed by atoms with van der Waals surface area (Å²) in [7, 11) is 0. The van der Waals surface area contributed by atoms with E-state index < -0.39 is 5.54 Å². The highest BCUT2D eigenvalue weighted by atomic mass is 16.3. The third kappa shape index (κ3) is 1.41. The van der Waals surface area contributed by atoms with Crippen LogP contribution in [0.4, 0.5) is 11.4 Å². The maximum Gasteiger partial charge on any atom is 0.252 e. The van der Waals surface area contributed by atoms with Crippen molar-refractivity contribution in [2.24, 2.45) is 0 Å². The van der Waals surface area contributed by atoms with Crippen molar-refractivity contribution in [3.8, 4) is 5.75 Å². The Kier molecular flexibility index (Phi) is 2.30. The number of aromatic hydroxyl groups is 1. The number of carbonyl (C=O) groups is 1. The zero-order valence-electron chi connectivity index (χ0n) is 9.74. The predicted octanol–water partition coefficient (Wildman–Crippen LogP) is 1.95. The maximum atomic E-state index is 12.1. The van der Waals surface area contributed by atoms with E-state index >= 15 is 0 Å². The fraction of sp³-hybridized carbons (Fsp3) is 0.417. The normalized spacial score (nSPS) is 17.9. The highest BCUT2D eigenvalue weighted by Crippen LogP contribution is 2.40. The largest absolute Gasteiger partial charge is 0.506 e. The van der Waals surface area contributed by atoms with Gasteiger partial charge in [-0.05, 0) is 32.9 Å². The first-order valence-corrected chi connectivity index (χ1v) is 5.39. The summed E-state index contributed by atoms with van der Waals surface area (Å²) >= 11 is 0. The fourth-order valence-electron chi connectivity index (χ4n) is 2.01. The molecule has 0 spiro atoms. The van der Waals surface area contributed by atoms with Gasteiger partial charge in [-0.3, -0.25) is 4.79 Å². The lowest BCUT2D eigenvalue weighted by molar-refractivity contribution is -0.122. The first kappa shape index (κ1) is 10.8. The van der Waals surface area contributed by atoms with Crippen molar-refractivity contribution in [2.75, 3.05) is 16.8 Å². The number of phenols is 1. The smallest absolute Gasteiger partial charge is 0.252 e. The minimum atomic E-state index is -0.679. The van der Waals surface area contributed by atoms with Gasteiger partial charge in [-0.15, -0.1) is 0 Å². The molecule has 0 unspecified atom stereocenters. The van der Waals surface area contributed by atoms with Crippen LogP contribution in [0.1, 0.15) is 20.8 Å². The molecule has 1 aromatic carbocycles. The van der Waals surface area contributed by atoms with Gasteiger partial charge in [-0.2, -0.15) is 0 Å². The molecule has 1 aliphatic heterocycles. The highest BCUT2D eigenvalue weighted by Gasteiger charge is 2.38. The van der Waals surface area contributed by atoms with Crippen molar-refractivity contribution < 1.29 is 9.90 Å². The van der Waals surface area contributed by atoms with Crippen LogP contribution < -0.4 is 10.2 Å². The van der Waals surface area contributed by atoms with Crippen LogP contribution in [0.2, 0.25) is 0 Å². The number of para-hydroxylation sites is 1. The third-order valence-corrected chi connectivity index (χ3v) is 2.84. The van der Waals surface area contributed by atoms with Crippen LogP contribution >= 0.6 is 0 Å². The van der Waals surface area contributed by atoms with Gasteiger partial charge in [0.05, 0.1) is 5.69 Å². The van der Waals surface area contributed by atoms with Crippen molar-refractivity contribution >= 4 is 17.3 Å². The molecular formula is C12H16N2O2. The molecule has 4 nitrogen and oxygen atoms in total. The second kappa shape index (κ2) is 3.40. The molecule has 0 aromatic heterocycles. The molecule has 86 valence electrons. The zero-order chi connectivity index (χ0) is 11.9. The number of nitrogens with zero attached hydrogens (tertiary/aromatic N) is 1. The average Bonchev–Trinajstić information content (AvgIpc) is 2.22. The van der Waals surface area contributed by atoms with Crippen molar-refractivity contribution in [1.82, 2.24) is 0 Å². The molecule has 16 heavy (non-hydrogen) atoms. The number of anilines is 2. The fourth-order valence-corrected chi connectivity index (χ4v) is 2.01. The molecule has 0 fully saturated rings. The number of hydrogen-bond donors (Lipinski definition) is 2. The van der Waals surface area contributed by atoms with Crippen molar-refractivity contribution in [2.45, 2.75) is 26.3 Å². The SMILES string of the molecule is CCN1C(=O)C(C)(C)Nc2c(O)cccc21. The Bertz CT molecular complexity index is 441. The van der Waals surface area contributed by atoms with Crippen LogP contribution in [0.15, 0.2) is 18.2 Å². The molecule has 2 N–H and O–H groups in total. The van der Waals surface area contributed by atoms with E-state index in [-0.39, 0.29) is 11.7 Å². The summed E-state index contributed by atoms with van der Waals surface area (Å²) in [5.41, 5.74) is 0.697. The lowest BCUT2D eigenvalue weighted by Crippen LogP contribution is -2.53. The van der Waals surface area contributed by atoms with E-state index in [0.29, 0.717) is 12.2 Å². The molecule has 1 aliphatic rings. The summed E-state index contributed by atoms with van der Waals surface area (Å²) < 4.78 is 0. The molecule has 2 rings (SSSR count). The number of nitrogens with one attached hydrogen (secondary N) is 1. The summed E-state index contributed by atoms with van der Waals surface area (Å²) in [6.07, 6.45) is 0. The Balaban J connectivity index is 2.60. The van der Waals surface area contributed by atoms with Gasteiger partial charge in [-0.1, -0.05) is 6.07 Å². The summed E-state index contributed by atoms with van der Waals surface area (Å²) in [4.78, 5) is 13.8. The molecule has 0 atom stereocenters. The summed E-state index contributed by atoms with van der Waals surface area (Å²) in [6, 6.07) is 5.19. The minimum Gasteiger partial charge on any atom is -0.506 e. The van der Waals surface area contributed by atoms with Gasteiger partial charge < -0.3 is 15.3 Å². The Morgan fingerprint density at radius 3 is 2.75 bits per heavy atom. The van der Waals surface area contributed by atoms with Crippen LogP contribution in [0.3, 0.4) is 0 Å². The molecule has 0 saturated heterocycles. The Labute approximate surface area is 94.9 Å². The molecule has 1 heterocycles. The Morgan fingerprint density at radius 2 is 2.12 bits per heavy atom. The lowest BCUT2D eigenvalue weighted by atomic mass is 9.98. The molecule has 0 radical (unpaired) electrons.